The van der Waals surface area contributed by atoms with E-state index in [0.717, 1.165) is 13.5 Å². The van der Waals surface area contributed by atoms with Crippen LogP contribution in [0, 0.1) is 0 Å². The molecule has 11 heteroatoms. The standard InChI is InChI=1S/C29H37F3N4O4/c1-27(2,3)40-26(38)36-13-14-39-22(17-36)25(37)35(6)24(29(30,31)32)21-12-11-19(16-33-21)34-23-15-18-9-7-8-10-20(18)28(23,4)5/h7-12,16,22-24,34H,13-15,17H2,1-6H3/t22-,23-,24-/m0/s1. The summed E-state index contributed by atoms with van der Waals surface area (Å²) >= 11 is 0. The monoisotopic (exact) mass is 562 g/mol. The predicted octanol–water partition coefficient (Wildman–Crippen LogP) is 5.09. The summed E-state index contributed by atoms with van der Waals surface area (Å²) in [5.41, 5.74) is 1.82. The largest absolute Gasteiger partial charge is 0.444 e. The Morgan fingerprint density at radius 2 is 1.88 bits per heavy atom. The number of carbonyl (C=O) groups excluding carboxylic acids is 2. The fourth-order valence-electron chi connectivity index (χ4n) is 5.31. The van der Waals surface area contributed by atoms with Crippen LogP contribution in [-0.4, -0.2) is 77.5 Å². The van der Waals surface area contributed by atoms with Gasteiger partial charge in [-0.1, -0.05) is 38.1 Å². The Labute approximate surface area is 232 Å². The molecule has 4 rings (SSSR count). The number of rotatable bonds is 5. The van der Waals surface area contributed by atoms with Crippen molar-refractivity contribution in [2.24, 2.45) is 0 Å². The number of likely N-dealkylation sites (N-methyl/N-ethyl adjacent to an activating group) is 1. The highest BCUT2D eigenvalue weighted by atomic mass is 19.4. The second kappa shape index (κ2) is 10.9. The van der Waals surface area contributed by atoms with E-state index < -0.39 is 35.9 Å². The summed E-state index contributed by atoms with van der Waals surface area (Å²) in [6.07, 6.45) is -4.55. The average molecular weight is 563 g/mol. The average Bonchev–Trinajstić information content (AvgIpc) is 3.12. The first kappa shape index (κ1) is 29.6. The van der Waals surface area contributed by atoms with E-state index in [-0.39, 0.29) is 36.8 Å². The zero-order chi connectivity index (χ0) is 29.5. The van der Waals surface area contributed by atoms with Crippen molar-refractivity contribution in [1.29, 1.82) is 0 Å². The Balaban J connectivity index is 1.47. The van der Waals surface area contributed by atoms with Gasteiger partial charge in [0.25, 0.3) is 5.91 Å². The molecule has 0 unspecified atom stereocenters. The number of fused-ring (bicyclic) bond motifs is 1. The van der Waals surface area contributed by atoms with Gasteiger partial charge in [-0.25, -0.2) is 4.79 Å². The minimum absolute atomic E-state index is 0.000172. The van der Waals surface area contributed by atoms with Gasteiger partial charge >= 0.3 is 12.3 Å². The van der Waals surface area contributed by atoms with E-state index >= 15 is 0 Å². The molecular weight excluding hydrogens is 525 g/mol. The summed E-state index contributed by atoms with van der Waals surface area (Å²) in [4.78, 5) is 31.6. The summed E-state index contributed by atoms with van der Waals surface area (Å²) in [5, 5.41) is 3.42. The van der Waals surface area contributed by atoms with Crippen LogP contribution in [-0.2, 0) is 26.1 Å². The minimum Gasteiger partial charge on any atom is -0.444 e. The molecule has 218 valence electrons. The number of morpholine rings is 1. The van der Waals surface area contributed by atoms with Crippen LogP contribution in [0.3, 0.4) is 0 Å². The van der Waals surface area contributed by atoms with Gasteiger partial charge in [-0.3, -0.25) is 9.78 Å². The Morgan fingerprint density at radius 3 is 2.48 bits per heavy atom. The van der Waals surface area contributed by atoms with Crippen LogP contribution in [0.15, 0.2) is 42.6 Å². The van der Waals surface area contributed by atoms with Gasteiger partial charge < -0.3 is 24.6 Å². The highest BCUT2D eigenvalue weighted by Gasteiger charge is 2.48. The molecule has 0 bridgehead atoms. The Bertz CT molecular complexity index is 1230. The first-order chi connectivity index (χ1) is 18.6. The Kier molecular flexibility index (Phi) is 8.08. The van der Waals surface area contributed by atoms with E-state index in [4.69, 9.17) is 9.47 Å². The number of pyridine rings is 1. The summed E-state index contributed by atoms with van der Waals surface area (Å²) in [6.45, 7) is 9.35. The molecule has 2 amide bonds. The highest BCUT2D eigenvalue weighted by molar-refractivity contribution is 5.82. The lowest BCUT2D eigenvalue weighted by molar-refractivity contribution is -0.195. The lowest BCUT2D eigenvalue weighted by atomic mass is 9.83. The molecule has 1 aliphatic carbocycles. The smallest absolute Gasteiger partial charge is 0.414 e. The van der Waals surface area contributed by atoms with Crippen molar-refractivity contribution in [3.05, 3.63) is 59.4 Å². The molecule has 1 aromatic carbocycles. The third kappa shape index (κ3) is 6.35. The van der Waals surface area contributed by atoms with Crippen LogP contribution < -0.4 is 5.32 Å². The van der Waals surface area contributed by atoms with Gasteiger partial charge in [0, 0.05) is 25.0 Å². The van der Waals surface area contributed by atoms with Crippen LogP contribution >= 0.6 is 0 Å². The van der Waals surface area contributed by atoms with Crippen LogP contribution in [0.5, 0.6) is 0 Å². The fourth-order valence-corrected chi connectivity index (χ4v) is 5.31. The van der Waals surface area contributed by atoms with E-state index in [0.29, 0.717) is 10.6 Å². The number of benzene rings is 1. The number of anilines is 1. The molecule has 1 aromatic heterocycles. The molecule has 40 heavy (non-hydrogen) atoms. The van der Waals surface area contributed by atoms with Crippen molar-refractivity contribution in [1.82, 2.24) is 14.8 Å². The van der Waals surface area contributed by atoms with E-state index in [1.807, 2.05) is 12.1 Å². The number of ether oxygens (including phenoxy) is 2. The molecule has 2 aromatic rings. The number of aromatic nitrogens is 1. The topological polar surface area (TPSA) is 84.0 Å². The second-order valence-electron chi connectivity index (χ2n) is 11.9. The van der Waals surface area contributed by atoms with Crippen LogP contribution in [0.1, 0.15) is 57.5 Å². The Hall–Kier alpha value is -3.34. The Morgan fingerprint density at radius 1 is 1.18 bits per heavy atom. The maximum Gasteiger partial charge on any atom is 0.414 e. The maximum atomic E-state index is 14.3. The summed E-state index contributed by atoms with van der Waals surface area (Å²) in [5.74, 6) is -0.898. The normalized spacial score (nSPS) is 21.4. The van der Waals surface area contributed by atoms with Crippen molar-refractivity contribution in [2.75, 3.05) is 32.1 Å². The third-order valence-corrected chi connectivity index (χ3v) is 7.45. The number of carbonyl (C=O) groups is 2. The highest BCUT2D eigenvalue weighted by Crippen LogP contribution is 2.40. The molecule has 2 heterocycles. The van der Waals surface area contributed by atoms with Crippen LogP contribution in [0.2, 0.25) is 0 Å². The van der Waals surface area contributed by atoms with Gasteiger partial charge in [0.15, 0.2) is 12.1 Å². The molecule has 2 aliphatic rings. The van der Waals surface area contributed by atoms with Crippen LogP contribution in [0.25, 0.3) is 0 Å². The minimum atomic E-state index is -4.79. The number of hydrogen-bond donors (Lipinski definition) is 1. The summed E-state index contributed by atoms with van der Waals surface area (Å²) < 4.78 is 53.7. The van der Waals surface area contributed by atoms with Crippen LogP contribution in [0.4, 0.5) is 23.7 Å². The third-order valence-electron chi connectivity index (χ3n) is 7.45. The first-order valence-electron chi connectivity index (χ1n) is 13.3. The van der Waals surface area contributed by atoms with E-state index in [9.17, 15) is 22.8 Å². The molecule has 1 fully saturated rings. The van der Waals surface area contributed by atoms with E-state index in [2.05, 4.69) is 36.3 Å². The molecule has 0 spiro atoms. The van der Waals surface area contributed by atoms with Crippen molar-refractivity contribution in [3.63, 3.8) is 0 Å². The SMILES string of the molecule is CN(C(=O)[C@@H]1CN(C(=O)OC(C)(C)C)CCO1)[C@@H](c1ccc(N[C@H]2Cc3ccccc3C2(C)C)cn1)C(F)(F)F. The molecule has 1 saturated heterocycles. The number of nitrogens with zero attached hydrogens (tertiary/aromatic N) is 3. The van der Waals surface area contributed by atoms with Crippen molar-refractivity contribution in [2.45, 2.75) is 76.4 Å². The number of nitrogens with one attached hydrogen (secondary N) is 1. The van der Waals surface area contributed by atoms with Gasteiger partial charge in [0.1, 0.15) is 5.60 Å². The van der Waals surface area contributed by atoms with Crippen molar-refractivity contribution >= 4 is 17.7 Å². The molecule has 0 saturated carbocycles. The zero-order valence-electron chi connectivity index (χ0n) is 23.7. The summed E-state index contributed by atoms with van der Waals surface area (Å²) in [6, 6.07) is 8.77. The summed E-state index contributed by atoms with van der Waals surface area (Å²) in [7, 11) is 1.07. The molecular formula is C29H37F3N4O4. The maximum absolute atomic E-state index is 14.3. The van der Waals surface area contributed by atoms with E-state index in [1.54, 1.807) is 26.8 Å². The van der Waals surface area contributed by atoms with Crippen molar-refractivity contribution in [3.8, 4) is 0 Å². The molecule has 3 atom stereocenters. The first-order valence-corrected chi connectivity index (χ1v) is 13.3. The molecule has 8 nitrogen and oxygen atoms in total. The van der Waals surface area contributed by atoms with Gasteiger partial charge in [0.2, 0.25) is 0 Å². The predicted molar refractivity (Wildman–Crippen MR) is 144 cm³/mol. The lowest BCUT2D eigenvalue weighted by Crippen LogP contribution is -2.54. The number of amides is 2. The van der Waals surface area contributed by atoms with E-state index in [1.165, 1.54) is 28.3 Å². The van der Waals surface area contributed by atoms with Crippen molar-refractivity contribution < 1.29 is 32.2 Å². The van der Waals surface area contributed by atoms with Gasteiger partial charge in [-0.05, 0) is 50.5 Å². The van der Waals surface area contributed by atoms with Gasteiger partial charge in [0.05, 0.1) is 30.7 Å². The number of halogens is 3. The molecule has 0 radical (unpaired) electrons. The van der Waals surface area contributed by atoms with Gasteiger partial charge in [-0.2, -0.15) is 13.2 Å². The fraction of sp³-hybridized carbons (Fsp3) is 0.552. The number of hydrogen-bond acceptors (Lipinski definition) is 6. The quantitative estimate of drug-likeness (QED) is 0.547. The zero-order valence-corrected chi connectivity index (χ0v) is 23.7. The molecule has 1 aliphatic heterocycles. The molecule has 1 N–H and O–H groups in total. The number of alkyl halides is 3. The van der Waals surface area contributed by atoms with Gasteiger partial charge in [-0.15, -0.1) is 0 Å². The second-order valence-corrected chi connectivity index (χ2v) is 11.9. The lowest BCUT2D eigenvalue weighted by Gasteiger charge is -2.37.